The van der Waals surface area contributed by atoms with E-state index < -0.39 is 5.41 Å². The van der Waals surface area contributed by atoms with Gasteiger partial charge >= 0.3 is 0 Å². The Kier molecular flexibility index (Phi) is 12.4. The Balaban J connectivity index is 2.47. The summed E-state index contributed by atoms with van der Waals surface area (Å²) < 4.78 is 0. The monoisotopic (exact) mass is 589 g/mol. The highest BCUT2D eigenvalue weighted by molar-refractivity contribution is 5.97. The molecule has 10 heteroatoms. The molecule has 2 atom stereocenters. The van der Waals surface area contributed by atoms with Crippen molar-refractivity contribution >= 4 is 23.6 Å². The normalized spacial score (nSPS) is 12.7. The standard InChI is InChI=1S/C33H47N7O3/c1-22(2)23(3)21-40(18-17-34)29(41)20-37-24(4)19-33(32(35)36,27-13-9-25(10-14-27)30(42)38(5)6)28-15-11-26(12-16-28)31(43)39(7)8/h9-16,22-24,37H,18-21H2,1-8H3,(H3,35,36)/t23?,24-/m1/s1. The van der Waals surface area contributed by atoms with Gasteiger partial charge in [0.2, 0.25) is 5.91 Å². The lowest BCUT2D eigenvalue weighted by molar-refractivity contribution is -0.130. The Morgan fingerprint density at radius 2 is 1.33 bits per heavy atom. The van der Waals surface area contributed by atoms with Crippen LogP contribution in [-0.4, -0.2) is 92.1 Å². The first-order valence-corrected chi connectivity index (χ1v) is 14.5. The number of nitrogens with zero attached hydrogens (tertiary/aromatic N) is 4. The number of benzene rings is 2. The van der Waals surface area contributed by atoms with Gasteiger partial charge in [0.15, 0.2) is 0 Å². The molecule has 232 valence electrons. The number of nitriles is 1. The van der Waals surface area contributed by atoms with Gasteiger partial charge in [0.25, 0.3) is 11.8 Å². The van der Waals surface area contributed by atoms with Crippen LogP contribution in [0.25, 0.3) is 0 Å². The number of nitrogens with two attached hydrogens (primary N) is 1. The molecule has 0 aliphatic carbocycles. The van der Waals surface area contributed by atoms with E-state index in [4.69, 9.17) is 11.1 Å². The van der Waals surface area contributed by atoms with Crippen LogP contribution in [0.2, 0.25) is 0 Å². The maximum absolute atomic E-state index is 13.1. The second-order valence-corrected chi connectivity index (χ2v) is 12.0. The maximum atomic E-state index is 13.1. The minimum Gasteiger partial charge on any atom is -0.387 e. The van der Waals surface area contributed by atoms with Gasteiger partial charge in [0.05, 0.1) is 18.0 Å². The van der Waals surface area contributed by atoms with E-state index >= 15 is 0 Å². The van der Waals surface area contributed by atoms with Gasteiger partial charge in [-0.1, -0.05) is 45.0 Å². The quantitative estimate of drug-likeness (QED) is 0.175. The average molecular weight is 590 g/mol. The fourth-order valence-corrected chi connectivity index (χ4v) is 4.94. The molecule has 0 saturated carbocycles. The molecule has 0 aromatic heterocycles. The summed E-state index contributed by atoms with van der Waals surface area (Å²) in [6.45, 7) is 8.69. The Labute approximate surface area is 256 Å². The van der Waals surface area contributed by atoms with E-state index in [0.717, 1.165) is 0 Å². The predicted octanol–water partition coefficient (Wildman–Crippen LogP) is 3.32. The third-order valence-corrected chi connectivity index (χ3v) is 8.00. The van der Waals surface area contributed by atoms with Crippen molar-refractivity contribution in [3.05, 3.63) is 70.8 Å². The van der Waals surface area contributed by atoms with Crippen LogP contribution in [0.4, 0.5) is 0 Å². The molecule has 43 heavy (non-hydrogen) atoms. The van der Waals surface area contributed by atoms with Crippen LogP contribution in [-0.2, 0) is 10.2 Å². The van der Waals surface area contributed by atoms with Crippen molar-refractivity contribution in [1.82, 2.24) is 20.0 Å². The summed E-state index contributed by atoms with van der Waals surface area (Å²) in [7, 11) is 6.73. The SMILES string of the molecule is CC(C)C(C)CN(CC#N)C(=O)CN[C@H](C)CC(C(=N)N)(c1ccc(C(=O)N(C)C)cc1)c1ccc(C(=O)N(C)C)cc1. The van der Waals surface area contributed by atoms with Gasteiger partial charge in [-0.25, -0.2) is 0 Å². The van der Waals surface area contributed by atoms with Crippen LogP contribution in [0, 0.1) is 28.6 Å². The topological polar surface area (TPSA) is 147 Å². The number of hydrogen-bond acceptors (Lipinski definition) is 6. The second kappa shape index (κ2) is 15.3. The van der Waals surface area contributed by atoms with Crippen molar-refractivity contribution in [3.63, 3.8) is 0 Å². The van der Waals surface area contributed by atoms with E-state index in [2.05, 4.69) is 32.2 Å². The molecule has 0 saturated heterocycles. The minimum atomic E-state index is -1.12. The molecule has 3 amide bonds. The van der Waals surface area contributed by atoms with Crippen molar-refractivity contribution in [3.8, 4) is 6.07 Å². The number of carbonyl (C=O) groups excluding carboxylic acids is 3. The lowest BCUT2D eigenvalue weighted by Crippen LogP contribution is -2.48. The molecule has 10 nitrogen and oxygen atoms in total. The van der Waals surface area contributed by atoms with Gasteiger partial charge in [0.1, 0.15) is 12.4 Å². The van der Waals surface area contributed by atoms with Gasteiger partial charge in [0, 0.05) is 51.9 Å². The molecule has 0 aliphatic rings. The molecular weight excluding hydrogens is 542 g/mol. The number of amides is 3. The third kappa shape index (κ3) is 8.64. The predicted molar refractivity (Wildman–Crippen MR) is 170 cm³/mol. The minimum absolute atomic E-state index is 0.0133. The van der Waals surface area contributed by atoms with Gasteiger partial charge in [-0.2, -0.15) is 5.26 Å². The lowest BCUT2D eigenvalue weighted by Gasteiger charge is -2.37. The molecule has 0 aliphatic heterocycles. The largest absolute Gasteiger partial charge is 0.387 e. The second-order valence-electron chi connectivity index (χ2n) is 12.0. The highest BCUT2D eigenvalue weighted by Gasteiger charge is 2.39. The van der Waals surface area contributed by atoms with Crippen LogP contribution in [0.15, 0.2) is 48.5 Å². The molecule has 2 aromatic carbocycles. The van der Waals surface area contributed by atoms with E-state index in [1.54, 1.807) is 81.6 Å². The van der Waals surface area contributed by atoms with Crippen molar-refractivity contribution in [2.24, 2.45) is 17.6 Å². The highest BCUT2D eigenvalue weighted by Crippen LogP contribution is 2.37. The highest BCUT2D eigenvalue weighted by atomic mass is 16.2. The molecule has 1 unspecified atom stereocenters. The third-order valence-electron chi connectivity index (χ3n) is 8.00. The number of carbonyl (C=O) groups is 3. The number of hydrogen-bond donors (Lipinski definition) is 3. The van der Waals surface area contributed by atoms with Gasteiger partial charge in [-0.3, -0.25) is 19.8 Å². The number of rotatable bonds is 14. The molecule has 0 radical (unpaired) electrons. The number of nitrogens with one attached hydrogen (secondary N) is 2. The van der Waals surface area contributed by atoms with Crippen molar-refractivity contribution in [1.29, 1.82) is 10.7 Å². The molecule has 0 spiro atoms. The zero-order valence-electron chi connectivity index (χ0n) is 26.8. The Morgan fingerprint density at radius 3 is 1.67 bits per heavy atom. The Hall–Kier alpha value is -4.23. The summed E-state index contributed by atoms with van der Waals surface area (Å²) in [4.78, 5) is 42.8. The first-order chi connectivity index (χ1) is 20.1. The van der Waals surface area contributed by atoms with Crippen LogP contribution in [0.1, 0.15) is 66.0 Å². The van der Waals surface area contributed by atoms with Crippen LogP contribution >= 0.6 is 0 Å². The first kappa shape index (κ1) is 35.0. The summed E-state index contributed by atoms with van der Waals surface area (Å²) in [6, 6.07) is 15.9. The van der Waals surface area contributed by atoms with Crippen molar-refractivity contribution < 1.29 is 14.4 Å². The maximum Gasteiger partial charge on any atom is 0.253 e. The summed E-state index contributed by atoms with van der Waals surface area (Å²) in [6.07, 6.45) is 0.318. The molecular formula is C33H47N7O3. The summed E-state index contributed by atoms with van der Waals surface area (Å²) >= 11 is 0. The van der Waals surface area contributed by atoms with Gasteiger partial charge in [-0.15, -0.1) is 0 Å². The van der Waals surface area contributed by atoms with E-state index in [0.29, 0.717) is 41.1 Å². The van der Waals surface area contributed by atoms with Crippen molar-refractivity contribution in [2.45, 2.75) is 45.6 Å². The Morgan fingerprint density at radius 1 is 0.884 bits per heavy atom. The van der Waals surface area contributed by atoms with Crippen LogP contribution < -0.4 is 11.1 Å². The van der Waals surface area contributed by atoms with E-state index in [1.807, 2.05) is 6.92 Å². The number of amidine groups is 1. The smallest absolute Gasteiger partial charge is 0.253 e. The lowest BCUT2D eigenvalue weighted by atomic mass is 9.69. The molecule has 0 bridgehead atoms. The van der Waals surface area contributed by atoms with Gasteiger partial charge < -0.3 is 25.8 Å². The summed E-state index contributed by atoms with van der Waals surface area (Å²) in [5.41, 5.74) is 7.70. The zero-order chi connectivity index (χ0) is 32.5. The molecule has 0 fully saturated rings. The molecule has 4 N–H and O–H groups in total. The average Bonchev–Trinajstić information content (AvgIpc) is 2.97. The van der Waals surface area contributed by atoms with Crippen LogP contribution in [0.3, 0.4) is 0 Å². The zero-order valence-corrected chi connectivity index (χ0v) is 26.8. The molecule has 2 rings (SSSR count). The van der Waals surface area contributed by atoms with E-state index in [9.17, 15) is 19.6 Å². The molecule has 2 aromatic rings. The van der Waals surface area contributed by atoms with E-state index in [-0.39, 0.29) is 48.6 Å². The Bertz CT molecular complexity index is 1250. The van der Waals surface area contributed by atoms with Gasteiger partial charge in [-0.05, 0) is 60.6 Å². The summed E-state index contributed by atoms with van der Waals surface area (Å²) in [5.74, 6) is 0.0401. The first-order valence-electron chi connectivity index (χ1n) is 14.5. The van der Waals surface area contributed by atoms with E-state index in [1.165, 1.54) is 9.80 Å². The fourth-order valence-electron chi connectivity index (χ4n) is 4.94. The summed E-state index contributed by atoms with van der Waals surface area (Å²) in [5, 5.41) is 21.4. The van der Waals surface area contributed by atoms with Crippen molar-refractivity contribution in [2.75, 3.05) is 47.8 Å². The fraction of sp³-hybridized carbons (Fsp3) is 0.485. The van der Waals surface area contributed by atoms with Crippen LogP contribution in [0.5, 0.6) is 0 Å². The molecule has 0 heterocycles.